The molecule has 0 aliphatic heterocycles. The van der Waals surface area contributed by atoms with Crippen LogP contribution in [0.15, 0.2) is 59.9 Å². The van der Waals surface area contributed by atoms with Gasteiger partial charge in [-0.05, 0) is 60.6 Å². The normalized spacial score (nSPS) is 11.7. The molecule has 4 heterocycles. The van der Waals surface area contributed by atoms with E-state index in [1.807, 2.05) is 58.2 Å². The fourth-order valence-corrected chi connectivity index (χ4v) is 4.98. The molecule has 5 rings (SSSR count). The molecule has 0 atom stereocenters. The second-order valence-corrected chi connectivity index (χ2v) is 10.4. The Morgan fingerprint density at radius 1 is 1.00 bits per heavy atom. The van der Waals surface area contributed by atoms with Gasteiger partial charge in [-0.15, -0.1) is 10.2 Å². The number of hydrogen-bond donors (Lipinski definition) is 1. The summed E-state index contributed by atoms with van der Waals surface area (Å²) in [5.74, 6) is 1.59. The number of imidazole rings is 1. The van der Waals surface area contributed by atoms with Crippen LogP contribution in [0.1, 0.15) is 76.2 Å². The standard InChI is InChI=1S/C29H35N9O/c1-6-7-10-22-18-37(28-26(19(2)3)16-31-38(28)20(4)5)29(39)36(22)17-21-15-30-14-13-23(21)24-11-8-9-12-25(24)27-32-34-35-33-27/h8-9,11-16,18-20H,6-7,10,17H2,1-5H3,(H,32,33,34,35). The molecule has 4 aromatic heterocycles. The molecule has 0 saturated carbocycles. The minimum absolute atomic E-state index is 0.0772. The van der Waals surface area contributed by atoms with Crippen LogP contribution in [0.5, 0.6) is 0 Å². The van der Waals surface area contributed by atoms with Gasteiger partial charge in [-0.1, -0.05) is 51.5 Å². The van der Waals surface area contributed by atoms with E-state index in [-0.39, 0.29) is 17.6 Å². The summed E-state index contributed by atoms with van der Waals surface area (Å²) in [7, 11) is 0. The second-order valence-electron chi connectivity index (χ2n) is 10.4. The van der Waals surface area contributed by atoms with Crippen molar-refractivity contribution in [2.24, 2.45) is 0 Å². The highest BCUT2D eigenvalue weighted by molar-refractivity contribution is 5.81. The molecular formula is C29H35N9O. The number of H-pyrrole nitrogens is 1. The van der Waals surface area contributed by atoms with Gasteiger partial charge < -0.3 is 0 Å². The molecule has 0 radical (unpaired) electrons. The van der Waals surface area contributed by atoms with Crippen LogP contribution in [0.4, 0.5) is 0 Å². The summed E-state index contributed by atoms with van der Waals surface area (Å²) in [6.45, 7) is 11.0. The van der Waals surface area contributed by atoms with Crippen LogP contribution in [0.25, 0.3) is 28.3 Å². The van der Waals surface area contributed by atoms with Gasteiger partial charge in [-0.25, -0.2) is 9.48 Å². The Bertz CT molecular complexity index is 1580. The Morgan fingerprint density at radius 3 is 2.49 bits per heavy atom. The van der Waals surface area contributed by atoms with E-state index in [2.05, 4.69) is 65.3 Å². The summed E-state index contributed by atoms with van der Waals surface area (Å²) >= 11 is 0. The average molecular weight is 526 g/mol. The van der Waals surface area contributed by atoms with Crippen molar-refractivity contribution in [2.75, 3.05) is 0 Å². The molecule has 0 unspecified atom stereocenters. The monoisotopic (exact) mass is 525 g/mol. The van der Waals surface area contributed by atoms with E-state index in [1.165, 1.54) is 0 Å². The van der Waals surface area contributed by atoms with E-state index in [9.17, 15) is 4.79 Å². The Kier molecular flexibility index (Phi) is 7.53. The predicted molar refractivity (Wildman–Crippen MR) is 151 cm³/mol. The molecule has 0 saturated heterocycles. The molecule has 0 fully saturated rings. The maximum atomic E-state index is 14.1. The van der Waals surface area contributed by atoms with Gasteiger partial charge >= 0.3 is 5.69 Å². The van der Waals surface area contributed by atoms with Crippen molar-refractivity contribution < 1.29 is 0 Å². The van der Waals surface area contributed by atoms with E-state index in [1.54, 1.807) is 10.8 Å². The van der Waals surface area contributed by atoms with Crippen molar-refractivity contribution >= 4 is 0 Å². The highest BCUT2D eigenvalue weighted by Crippen LogP contribution is 2.32. The smallest absolute Gasteiger partial charge is 0.291 e. The van der Waals surface area contributed by atoms with Gasteiger partial charge in [0.2, 0.25) is 5.82 Å². The van der Waals surface area contributed by atoms with Gasteiger partial charge in [-0.3, -0.25) is 14.1 Å². The third-order valence-electron chi connectivity index (χ3n) is 7.02. The molecule has 0 bridgehead atoms. The predicted octanol–water partition coefficient (Wildman–Crippen LogP) is 5.17. The third kappa shape index (κ3) is 5.06. The van der Waals surface area contributed by atoms with Gasteiger partial charge in [0.1, 0.15) is 5.82 Å². The van der Waals surface area contributed by atoms with Crippen molar-refractivity contribution in [3.8, 4) is 28.3 Å². The fourth-order valence-electron chi connectivity index (χ4n) is 4.98. The number of benzene rings is 1. The van der Waals surface area contributed by atoms with E-state index in [0.29, 0.717) is 12.4 Å². The number of nitrogens with one attached hydrogen (secondary N) is 1. The number of nitrogens with zero attached hydrogens (tertiary/aromatic N) is 8. The Morgan fingerprint density at radius 2 is 1.79 bits per heavy atom. The molecule has 39 heavy (non-hydrogen) atoms. The van der Waals surface area contributed by atoms with Crippen molar-refractivity contribution in [1.29, 1.82) is 0 Å². The van der Waals surface area contributed by atoms with Crippen LogP contribution in [0.2, 0.25) is 0 Å². The quantitative estimate of drug-likeness (QED) is 0.269. The number of hydrogen-bond acceptors (Lipinski definition) is 6. The highest BCUT2D eigenvalue weighted by atomic mass is 16.1. The van der Waals surface area contributed by atoms with Crippen molar-refractivity contribution in [3.63, 3.8) is 0 Å². The molecule has 0 aliphatic carbocycles. The first kappa shape index (κ1) is 26.3. The van der Waals surface area contributed by atoms with Gasteiger partial charge in [0, 0.05) is 41.5 Å². The average Bonchev–Trinajstić information content (AvgIpc) is 3.68. The summed E-state index contributed by atoms with van der Waals surface area (Å²) in [6.07, 6.45) is 10.3. The van der Waals surface area contributed by atoms with Gasteiger partial charge in [0.15, 0.2) is 0 Å². The summed E-state index contributed by atoms with van der Waals surface area (Å²) in [5, 5.41) is 19.3. The summed E-state index contributed by atoms with van der Waals surface area (Å²) in [4.78, 5) is 18.6. The van der Waals surface area contributed by atoms with Crippen LogP contribution in [0, 0.1) is 0 Å². The first-order valence-electron chi connectivity index (χ1n) is 13.6. The first-order valence-corrected chi connectivity index (χ1v) is 13.6. The molecule has 1 N–H and O–H groups in total. The Balaban J connectivity index is 1.65. The second kappa shape index (κ2) is 11.2. The minimum atomic E-state index is -0.0772. The molecule has 10 heteroatoms. The lowest BCUT2D eigenvalue weighted by atomic mass is 9.96. The Labute approximate surface area is 227 Å². The molecule has 5 aromatic rings. The van der Waals surface area contributed by atoms with Crippen molar-refractivity contribution in [2.45, 2.75) is 72.4 Å². The number of unbranched alkanes of at least 4 members (excludes halogenated alkanes) is 1. The van der Waals surface area contributed by atoms with E-state index in [0.717, 1.165) is 58.6 Å². The van der Waals surface area contributed by atoms with Crippen LogP contribution in [-0.4, -0.2) is 44.5 Å². The van der Waals surface area contributed by atoms with Crippen molar-refractivity contribution in [1.82, 2.24) is 44.5 Å². The zero-order chi connectivity index (χ0) is 27.5. The molecule has 1 aromatic carbocycles. The number of tetrazole rings is 1. The Hall–Kier alpha value is -4.34. The maximum absolute atomic E-state index is 14.1. The zero-order valence-corrected chi connectivity index (χ0v) is 23.2. The lowest BCUT2D eigenvalue weighted by Gasteiger charge is -2.15. The molecule has 0 amide bonds. The largest absolute Gasteiger partial charge is 0.334 e. The number of rotatable bonds is 10. The van der Waals surface area contributed by atoms with Crippen LogP contribution >= 0.6 is 0 Å². The SMILES string of the molecule is CCCCc1cn(-c2c(C(C)C)cnn2C(C)C)c(=O)n1Cc1cnccc1-c1ccccc1-c1nn[nH]n1. The molecular weight excluding hydrogens is 490 g/mol. The van der Waals surface area contributed by atoms with E-state index >= 15 is 0 Å². The number of pyridine rings is 1. The van der Waals surface area contributed by atoms with Gasteiger partial charge in [-0.2, -0.15) is 10.3 Å². The van der Waals surface area contributed by atoms with E-state index in [4.69, 9.17) is 0 Å². The van der Waals surface area contributed by atoms with Crippen molar-refractivity contribution in [3.05, 3.63) is 82.4 Å². The summed E-state index contributed by atoms with van der Waals surface area (Å²) in [5.41, 5.74) is 5.70. The zero-order valence-electron chi connectivity index (χ0n) is 23.2. The number of aryl methyl sites for hydroxylation is 1. The van der Waals surface area contributed by atoms with Gasteiger partial charge in [0.25, 0.3) is 0 Å². The molecule has 0 aliphatic rings. The lowest BCUT2D eigenvalue weighted by molar-refractivity contribution is 0.517. The first-order chi connectivity index (χ1) is 18.9. The highest BCUT2D eigenvalue weighted by Gasteiger charge is 2.23. The van der Waals surface area contributed by atoms with Crippen LogP contribution < -0.4 is 5.69 Å². The molecule has 202 valence electrons. The number of aromatic nitrogens is 9. The molecule has 0 spiro atoms. The summed E-state index contributed by atoms with van der Waals surface area (Å²) < 4.78 is 5.62. The topological polar surface area (TPSA) is 112 Å². The van der Waals surface area contributed by atoms with Crippen LogP contribution in [0.3, 0.4) is 0 Å². The fraction of sp³-hybridized carbons (Fsp3) is 0.379. The molecule has 10 nitrogen and oxygen atoms in total. The third-order valence-corrected chi connectivity index (χ3v) is 7.02. The maximum Gasteiger partial charge on any atom is 0.334 e. The van der Waals surface area contributed by atoms with Crippen LogP contribution in [-0.2, 0) is 13.0 Å². The lowest BCUT2D eigenvalue weighted by Crippen LogP contribution is -2.27. The number of aromatic amines is 1. The minimum Gasteiger partial charge on any atom is -0.291 e. The summed E-state index contributed by atoms with van der Waals surface area (Å²) in [6, 6.07) is 10.0. The van der Waals surface area contributed by atoms with Gasteiger partial charge in [0.05, 0.1) is 12.7 Å². The van der Waals surface area contributed by atoms with E-state index < -0.39 is 0 Å².